The summed E-state index contributed by atoms with van der Waals surface area (Å²) < 4.78 is 68.7. The molecular weight excluding hydrogens is 382 g/mol. The molecular formula is C19H17F4NO4. The number of alkyl halides is 3. The molecule has 1 heterocycles. The average Bonchev–Trinajstić information content (AvgIpc) is 3.01. The quantitative estimate of drug-likeness (QED) is 0.716. The number of methoxy groups -OCH3 is 2. The zero-order valence-electron chi connectivity index (χ0n) is 15.0. The molecule has 150 valence electrons. The van der Waals surface area contributed by atoms with E-state index in [0.717, 1.165) is 6.07 Å². The number of carbonyl (C=O) groups excluding carboxylic acids is 1. The van der Waals surface area contributed by atoms with E-state index >= 15 is 0 Å². The Balaban J connectivity index is 1.97. The van der Waals surface area contributed by atoms with Crippen molar-refractivity contribution in [3.63, 3.8) is 0 Å². The van der Waals surface area contributed by atoms with E-state index in [1.807, 2.05) is 0 Å². The molecule has 0 saturated carbocycles. The van der Waals surface area contributed by atoms with E-state index in [0.29, 0.717) is 23.1 Å². The number of hydrogen-bond donors (Lipinski definition) is 0. The molecule has 9 heteroatoms. The smallest absolute Gasteiger partial charge is 0.419 e. The summed E-state index contributed by atoms with van der Waals surface area (Å²) in [6.45, 7) is -0.451. The van der Waals surface area contributed by atoms with Gasteiger partial charge in [0, 0.05) is 6.54 Å². The summed E-state index contributed by atoms with van der Waals surface area (Å²) >= 11 is 0. The van der Waals surface area contributed by atoms with Gasteiger partial charge in [0.2, 0.25) is 0 Å². The van der Waals surface area contributed by atoms with Crippen molar-refractivity contribution in [2.75, 3.05) is 20.8 Å². The van der Waals surface area contributed by atoms with Gasteiger partial charge in [-0.25, -0.2) is 4.39 Å². The van der Waals surface area contributed by atoms with E-state index in [-0.39, 0.29) is 18.7 Å². The molecule has 0 spiro atoms. The Labute approximate surface area is 158 Å². The number of amides is 1. The van der Waals surface area contributed by atoms with Gasteiger partial charge in [-0.15, -0.1) is 0 Å². The van der Waals surface area contributed by atoms with Crippen LogP contribution < -0.4 is 9.47 Å². The summed E-state index contributed by atoms with van der Waals surface area (Å²) in [7, 11) is 2.88. The molecule has 1 aliphatic heterocycles. The number of rotatable bonds is 5. The molecule has 1 atom stereocenters. The lowest BCUT2D eigenvalue weighted by molar-refractivity contribution is -0.140. The number of ether oxygens (including phenoxy) is 3. The van der Waals surface area contributed by atoms with E-state index < -0.39 is 29.7 Å². The maximum Gasteiger partial charge on any atom is 0.419 e. The molecule has 1 fully saturated rings. The fourth-order valence-electron chi connectivity index (χ4n) is 3.07. The van der Waals surface area contributed by atoms with Gasteiger partial charge in [0.05, 0.1) is 25.3 Å². The van der Waals surface area contributed by atoms with Gasteiger partial charge in [0.1, 0.15) is 23.9 Å². The van der Waals surface area contributed by atoms with Crippen LogP contribution in [0.15, 0.2) is 36.4 Å². The summed E-state index contributed by atoms with van der Waals surface area (Å²) in [5, 5.41) is 0. The minimum Gasteiger partial charge on any atom is -0.496 e. The van der Waals surface area contributed by atoms with Crippen molar-refractivity contribution in [3.05, 3.63) is 58.9 Å². The Kier molecular flexibility index (Phi) is 5.46. The third-order valence-corrected chi connectivity index (χ3v) is 4.37. The van der Waals surface area contributed by atoms with Gasteiger partial charge in [-0.2, -0.15) is 13.2 Å². The lowest BCUT2D eigenvalue weighted by Gasteiger charge is -2.26. The van der Waals surface area contributed by atoms with Crippen LogP contribution in [-0.2, 0) is 22.3 Å². The maximum atomic E-state index is 13.5. The third kappa shape index (κ3) is 3.75. The van der Waals surface area contributed by atoms with Crippen LogP contribution in [-0.4, -0.2) is 31.6 Å². The van der Waals surface area contributed by atoms with E-state index in [1.165, 1.54) is 25.2 Å². The highest BCUT2D eigenvalue weighted by molar-refractivity contribution is 5.80. The molecule has 2 aromatic carbocycles. The second-order valence-corrected chi connectivity index (χ2v) is 6.07. The van der Waals surface area contributed by atoms with E-state index in [1.54, 1.807) is 18.2 Å². The Morgan fingerprint density at radius 1 is 1.14 bits per heavy atom. The van der Waals surface area contributed by atoms with Crippen LogP contribution in [0.3, 0.4) is 0 Å². The second-order valence-electron chi connectivity index (χ2n) is 6.07. The van der Waals surface area contributed by atoms with Crippen molar-refractivity contribution in [2.24, 2.45) is 0 Å². The van der Waals surface area contributed by atoms with Crippen LogP contribution in [0.5, 0.6) is 11.5 Å². The van der Waals surface area contributed by atoms with Crippen molar-refractivity contribution in [1.29, 1.82) is 0 Å². The molecule has 1 amide bonds. The van der Waals surface area contributed by atoms with Gasteiger partial charge in [0.15, 0.2) is 6.23 Å². The van der Waals surface area contributed by atoms with Crippen LogP contribution in [0.4, 0.5) is 17.6 Å². The van der Waals surface area contributed by atoms with Crippen LogP contribution in [0.25, 0.3) is 0 Å². The topological polar surface area (TPSA) is 48.0 Å². The molecule has 0 N–H and O–H groups in total. The third-order valence-electron chi connectivity index (χ3n) is 4.37. The Morgan fingerprint density at radius 2 is 1.79 bits per heavy atom. The minimum absolute atomic E-state index is 0.117. The summed E-state index contributed by atoms with van der Waals surface area (Å²) in [6, 6.07) is 7.63. The predicted octanol–water partition coefficient (Wildman–Crippen LogP) is 3.92. The molecule has 28 heavy (non-hydrogen) atoms. The van der Waals surface area contributed by atoms with Gasteiger partial charge in [-0.05, 0) is 29.8 Å². The van der Waals surface area contributed by atoms with Crippen LogP contribution >= 0.6 is 0 Å². The molecule has 5 nitrogen and oxygen atoms in total. The van der Waals surface area contributed by atoms with Gasteiger partial charge in [-0.1, -0.05) is 12.1 Å². The zero-order valence-corrected chi connectivity index (χ0v) is 15.0. The van der Waals surface area contributed by atoms with Crippen LogP contribution in [0.2, 0.25) is 0 Å². The highest BCUT2D eigenvalue weighted by atomic mass is 19.4. The Morgan fingerprint density at radius 3 is 2.36 bits per heavy atom. The summed E-state index contributed by atoms with van der Waals surface area (Å²) in [5.74, 6) is -0.989. The second kappa shape index (κ2) is 7.67. The first kappa shape index (κ1) is 19.9. The number of halogens is 4. The molecule has 0 bridgehead atoms. The van der Waals surface area contributed by atoms with Crippen molar-refractivity contribution >= 4 is 5.91 Å². The molecule has 0 aliphatic carbocycles. The molecule has 2 aromatic rings. The number of nitrogens with zero attached hydrogens (tertiary/aromatic N) is 1. The molecule has 0 aromatic heterocycles. The number of hydrogen-bond acceptors (Lipinski definition) is 4. The molecule has 0 radical (unpaired) electrons. The normalized spacial score (nSPS) is 17.1. The summed E-state index contributed by atoms with van der Waals surface area (Å²) in [6.07, 6.45) is -5.75. The van der Waals surface area contributed by atoms with Gasteiger partial charge >= 0.3 is 6.18 Å². The SMILES string of the molecule is COc1cccc(OC)c1C1OCC(=O)N1Cc1ccc(F)c(C(F)(F)F)c1. The number of benzene rings is 2. The minimum atomic E-state index is -4.84. The lowest BCUT2D eigenvalue weighted by atomic mass is 10.1. The van der Waals surface area contributed by atoms with Gasteiger partial charge < -0.3 is 19.1 Å². The van der Waals surface area contributed by atoms with Crippen molar-refractivity contribution in [1.82, 2.24) is 4.90 Å². The van der Waals surface area contributed by atoms with E-state index in [9.17, 15) is 22.4 Å². The first-order valence-electron chi connectivity index (χ1n) is 8.24. The average molecular weight is 399 g/mol. The van der Waals surface area contributed by atoms with Crippen molar-refractivity contribution < 1.29 is 36.6 Å². The fourth-order valence-corrected chi connectivity index (χ4v) is 3.07. The monoisotopic (exact) mass is 399 g/mol. The molecule has 1 aliphatic rings. The maximum absolute atomic E-state index is 13.5. The Hall–Kier alpha value is -2.81. The van der Waals surface area contributed by atoms with Crippen molar-refractivity contribution in [2.45, 2.75) is 18.9 Å². The van der Waals surface area contributed by atoms with Crippen molar-refractivity contribution in [3.8, 4) is 11.5 Å². The Bertz CT molecular complexity index is 862. The largest absolute Gasteiger partial charge is 0.496 e. The van der Waals surface area contributed by atoms with E-state index in [4.69, 9.17) is 14.2 Å². The first-order chi connectivity index (χ1) is 13.3. The van der Waals surface area contributed by atoms with Gasteiger partial charge in [0.25, 0.3) is 5.91 Å². The van der Waals surface area contributed by atoms with Gasteiger partial charge in [-0.3, -0.25) is 4.79 Å². The molecule has 3 rings (SSSR count). The predicted molar refractivity (Wildman–Crippen MR) is 90.2 cm³/mol. The number of carbonyl (C=O) groups is 1. The highest BCUT2D eigenvalue weighted by Gasteiger charge is 2.38. The van der Waals surface area contributed by atoms with Crippen LogP contribution in [0, 0.1) is 5.82 Å². The summed E-state index contributed by atoms with van der Waals surface area (Å²) in [5.41, 5.74) is -0.827. The zero-order chi connectivity index (χ0) is 20.5. The standard InChI is InChI=1S/C19H17F4NO4/c1-26-14-4-3-5-15(27-2)17(14)18-24(16(25)10-28-18)9-11-6-7-13(20)12(8-11)19(21,22)23/h3-8,18H,9-10H2,1-2H3. The summed E-state index contributed by atoms with van der Waals surface area (Å²) in [4.78, 5) is 13.6. The highest BCUT2D eigenvalue weighted by Crippen LogP contribution is 2.41. The molecule has 1 saturated heterocycles. The molecule has 1 unspecified atom stereocenters. The lowest BCUT2D eigenvalue weighted by Crippen LogP contribution is -2.28. The first-order valence-corrected chi connectivity index (χ1v) is 8.24. The van der Waals surface area contributed by atoms with Crippen LogP contribution in [0.1, 0.15) is 22.9 Å². The van der Waals surface area contributed by atoms with E-state index in [2.05, 4.69) is 0 Å². The fraction of sp³-hybridized carbons (Fsp3) is 0.316.